The lowest BCUT2D eigenvalue weighted by Crippen LogP contribution is -2.27. The minimum atomic E-state index is 0.0381. The molecule has 0 N–H and O–H groups in total. The zero-order valence-corrected chi connectivity index (χ0v) is 13.1. The highest BCUT2D eigenvalue weighted by Gasteiger charge is 2.14. The van der Waals surface area contributed by atoms with Crippen molar-refractivity contribution in [2.75, 3.05) is 11.9 Å². The van der Waals surface area contributed by atoms with Crippen molar-refractivity contribution < 1.29 is 4.79 Å². The summed E-state index contributed by atoms with van der Waals surface area (Å²) >= 11 is 1.57. The first-order chi connectivity index (χ1) is 10.7. The molecule has 1 amide bonds. The molecule has 1 heterocycles. The molecule has 0 radical (unpaired) electrons. The van der Waals surface area contributed by atoms with Gasteiger partial charge in [-0.1, -0.05) is 48.5 Å². The van der Waals surface area contributed by atoms with Crippen LogP contribution in [0.5, 0.6) is 0 Å². The molecule has 1 aromatic heterocycles. The summed E-state index contributed by atoms with van der Waals surface area (Å²) in [5.74, 6) is 0.0381. The zero-order valence-electron chi connectivity index (χ0n) is 12.3. The average Bonchev–Trinajstić information content (AvgIpc) is 3.04. The Balaban J connectivity index is 1.71. The lowest BCUT2D eigenvalue weighted by molar-refractivity contribution is -0.117. The predicted octanol–water partition coefficient (Wildman–Crippen LogP) is 4.02. The van der Waals surface area contributed by atoms with Gasteiger partial charge in [-0.2, -0.15) is 0 Å². The number of hydrogen-bond acceptors (Lipinski definition) is 3. The topological polar surface area (TPSA) is 33.2 Å². The van der Waals surface area contributed by atoms with Gasteiger partial charge < -0.3 is 4.90 Å². The van der Waals surface area contributed by atoms with E-state index in [4.69, 9.17) is 0 Å². The monoisotopic (exact) mass is 308 g/mol. The number of anilines is 1. The zero-order chi connectivity index (χ0) is 15.4. The van der Waals surface area contributed by atoms with Crippen molar-refractivity contribution in [1.29, 1.82) is 0 Å². The third-order valence-corrected chi connectivity index (χ3v) is 4.36. The normalized spacial score (nSPS) is 10.4. The number of carbonyl (C=O) groups excluding carboxylic acids is 1. The van der Waals surface area contributed by atoms with Gasteiger partial charge in [0.2, 0.25) is 5.91 Å². The van der Waals surface area contributed by atoms with E-state index in [0.717, 1.165) is 22.0 Å². The molecule has 0 atom stereocenters. The van der Waals surface area contributed by atoms with Crippen LogP contribution in [0.4, 0.5) is 5.69 Å². The second kappa shape index (κ2) is 6.54. The summed E-state index contributed by atoms with van der Waals surface area (Å²) in [4.78, 5) is 18.6. The van der Waals surface area contributed by atoms with Crippen LogP contribution in [-0.4, -0.2) is 17.9 Å². The molecule has 0 saturated carbocycles. The lowest BCUT2D eigenvalue weighted by Gasteiger charge is -2.16. The van der Waals surface area contributed by atoms with Crippen molar-refractivity contribution in [3.05, 3.63) is 71.7 Å². The molecule has 3 aromatic rings. The predicted molar refractivity (Wildman–Crippen MR) is 91.1 cm³/mol. The Labute approximate surface area is 133 Å². The molecule has 0 fully saturated rings. The molecule has 0 unspecified atom stereocenters. The van der Waals surface area contributed by atoms with Gasteiger partial charge in [-0.3, -0.25) is 4.79 Å². The molecule has 3 nitrogen and oxygen atoms in total. The lowest BCUT2D eigenvalue weighted by atomic mass is 10.2. The Morgan fingerprint density at radius 1 is 1.05 bits per heavy atom. The summed E-state index contributed by atoms with van der Waals surface area (Å²) in [6, 6.07) is 19.7. The van der Waals surface area contributed by atoms with Crippen LogP contribution >= 0.6 is 11.3 Å². The van der Waals surface area contributed by atoms with Crippen LogP contribution in [0.1, 0.15) is 5.69 Å². The van der Waals surface area contributed by atoms with Crippen molar-refractivity contribution in [1.82, 2.24) is 4.98 Å². The van der Waals surface area contributed by atoms with E-state index in [-0.39, 0.29) is 5.91 Å². The molecule has 22 heavy (non-hydrogen) atoms. The van der Waals surface area contributed by atoms with Crippen LogP contribution in [0.25, 0.3) is 10.6 Å². The molecule has 4 heteroatoms. The summed E-state index contributed by atoms with van der Waals surface area (Å²) in [6.07, 6.45) is 0.314. The van der Waals surface area contributed by atoms with Crippen molar-refractivity contribution in [3.8, 4) is 10.6 Å². The first-order valence-electron chi connectivity index (χ1n) is 7.05. The third kappa shape index (κ3) is 3.23. The van der Waals surface area contributed by atoms with Crippen molar-refractivity contribution >= 4 is 22.9 Å². The standard InChI is InChI=1S/C18H16N2OS/c1-20(16-10-6-3-7-11-16)17(21)12-15-13-22-18(19-15)14-8-4-2-5-9-14/h2-11,13H,12H2,1H3. The van der Waals surface area contributed by atoms with Crippen LogP contribution in [0.15, 0.2) is 66.0 Å². The Bertz CT molecular complexity index is 753. The van der Waals surface area contributed by atoms with Gasteiger partial charge in [-0.15, -0.1) is 11.3 Å². The number of thiazole rings is 1. The number of likely N-dealkylation sites (N-methyl/N-ethyl adjacent to an activating group) is 1. The van der Waals surface area contributed by atoms with Crippen molar-refractivity contribution in [3.63, 3.8) is 0 Å². The van der Waals surface area contributed by atoms with Crippen LogP contribution in [-0.2, 0) is 11.2 Å². The van der Waals surface area contributed by atoms with Crippen molar-refractivity contribution in [2.45, 2.75) is 6.42 Å². The quantitative estimate of drug-likeness (QED) is 0.729. The van der Waals surface area contributed by atoms with E-state index in [1.165, 1.54) is 0 Å². The number of rotatable bonds is 4. The molecular formula is C18H16N2OS. The van der Waals surface area contributed by atoms with E-state index in [0.29, 0.717) is 6.42 Å². The fourth-order valence-electron chi connectivity index (χ4n) is 2.17. The van der Waals surface area contributed by atoms with E-state index >= 15 is 0 Å². The minimum Gasteiger partial charge on any atom is -0.315 e. The van der Waals surface area contributed by atoms with E-state index in [2.05, 4.69) is 4.98 Å². The summed E-state index contributed by atoms with van der Waals surface area (Å²) in [6.45, 7) is 0. The maximum Gasteiger partial charge on any atom is 0.232 e. The number of para-hydroxylation sites is 1. The number of carbonyl (C=O) groups is 1. The van der Waals surface area contributed by atoms with Crippen LogP contribution in [0.2, 0.25) is 0 Å². The molecule has 3 rings (SSSR count). The van der Waals surface area contributed by atoms with Gasteiger partial charge in [-0.25, -0.2) is 4.98 Å². The number of benzene rings is 2. The highest BCUT2D eigenvalue weighted by molar-refractivity contribution is 7.13. The van der Waals surface area contributed by atoms with E-state index < -0.39 is 0 Å². The summed E-state index contributed by atoms with van der Waals surface area (Å²) in [5.41, 5.74) is 2.80. The van der Waals surface area contributed by atoms with Gasteiger partial charge in [0, 0.05) is 23.7 Å². The van der Waals surface area contributed by atoms with Gasteiger partial charge >= 0.3 is 0 Å². The maximum atomic E-state index is 12.3. The largest absolute Gasteiger partial charge is 0.315 e. The number of nitrogens with zero attached hydrogens (tertiary/aromatic N) is 2. The average molecular weight is 308 g/mol. The van der Waals surface area contributed by atoms with Gasteiger partial charge in [0.05, 0.1) is 12.1 Å². The second-order valence-electron chi connectivity index (χ2n) is 4.98. The van der Waals surface area contributed by atoms with Gasteiger partial charge in [0.25, 0.3) is 0 Å². The highest BCUT2D eigenvalue weighted by atomic mass is 32.1. The molecule has 0 aliphatic rings. The molecule has 0 spiro atoms. The second-order valence-corrected chi connectivity index (χ2v) is 5.83. The maximum absolute atomic E-state index is 12.3. The number of aromatic nitrogens is 1. The van der Waals surface area contributed by atoms with Gasteiger partial charge in [0.1, 0.15) is 5.01 Å². The molecule has 0 saturated heterocycles. The third-order valence-electron chi connectivity index (χ3n) is 3.42. The summed E-state index contributed by atoms with van der Waals surface area (Å²) in [7, 11) is 1.79. The number of hydrogen-bond donors (Lipinski definition) is 0. The van der Waals surface area contributed by atoms with E-state index in [9.17, 15) is 4.79 Å². The van der Waals surface area contributed by atoms with E-state index in [1.54, 1.807) is 23.3 Å². The minimum absolute atomic E-state index is 0.0381. The molecule has 0 bridgehead atoms. The van der Waals surface area contributed by atoms with Crippen LogP contribution < -0.4 is 4.90 Å². The number of amides is 1. The first-order valence-corrected chi connectivity index (χ1v) is 7.93. The SMILES string of the molecule is CN(C(=O)Cc1csc(-c2ccccc2)n1)c1ccccc1. The molecular weight excluding hydrogens is 292 g/mol. The van der Waals surface area contributed by atoms with Crippen LogP contribution in [0, 0.1) is 0 Å². The fraction of sp³-hybridized carbons (Fsp3) is 0.111. The molecule has 0 aliphatic heterocycles. The fourth-order valence-corrected chi connectivity index (χ4v) is 3.00. The summed E-state index contributed by atoms with van der Waals surface area (Å²) < 4.78 is 0. The Morgan fingerprint density at radius 3 is 2.36 bits per heavy atom. The molecule has 110 valence electrons. The smallest absolute Gasteiger partial charge is 0.232 e. The Kier molecular flexibility index (Phi) is 4.30. The van der Waals surface area contributed by atoms with Gasteiger partial charge in [0.15, 0.2) is 0 Å². The summed E-state index contributed by atoms with van der Waals surface area (Å²) in [5, 5.41) is 2.91. The van der Waals surface area contributed by atoms with Crippen LogP contribution in [0.3, 0.4) is 0 Å². The highest BCUT2D eigenvalue weighted by Crippen LogP contribution is 2.24. The Morgan fingerprint density at radius 2 is 1.68 bits per heavy atom. The first kappa shape index (κ1) is 14.5. The van der Waals surface area contributed by atoms with E-state index in [1.807, 2.05) is 66.0 Å². The molecule has 2 aromatic carbocycles. The van der Waals surface area contributed by atoms with Gasteiger partial charge in [-0.05, 0) is 12.1 Å². The Hall–Kier alpha value is -2.46. The molecule has 0 aliphatic carbocycles. The van der Waals surface area contributed by atoms with Crippen molar-refractivity contribution in [2.24, 2.45) is 0 Å².